The van der Waals surface area contributed by atoms with Gasteiger partial charge in [0, 0.05) is 5.56 Å². The van der Waals surface area contributed by atoms with Crippen molar-refractivity contribution in [3.63, 3.8) is 0 Å². The lowest BCUT2D eigenvalue weighted by Crippen LogP contribution is -2.48. The summed E-state index contributed by atoms with van der Waals surface area (Å²) in [5.41, 5.74) is 1.04. The van der Waals surface area contributed by atoms with E-state index in [2.05, 4.69) is 0 Å². The van der Waals surface area contributed by atoms with Gasteiger partial charge in [0.1, 0.15) is 46.8 Å². The van der Waals surface area contributed by atoms with Crippen molar-refractivity contribution in [3.8, 4) is 17.2 Å². The van der Waals surface area contributed by atoms with Gasteiger partial charge in [-0.25, -0.2) is 0 Å². The standard InChI is InChI=1S/C33H32O7/c1-36-25-16-12-23(13-17-25)33(22-8-4-3-5-9-22,24-14-18-26(37-2)19-15-24)39-21-32-20-38-30(31(32)35)29(40-32)27-10-6-7-11-28(27)34/h3-19,29-31,34-35H,20-21H2,1-2H3. The molecule has 2 N–H and O–H groups in total. The first-order chi connectivity index (χ1) is 19.5. The second kappa shape index (κ2) is 10.6. The number of phenolic OH excluding ortho intramolecular Hbond substituents is 1. The maximum absolute atomic E-state index is 11.4. The number of hydrogen-bond acceptors (Lipinski definition) is 7. The van der Waals surface area contributed by atoms with E-state index in [9.17, 15) is 10.2 Å². The number of hydrogen-bond donors (Lipinski definition) is 2. The number of ether oxygens (including phenoxy) is 5. The van der Waals surface area contributed by atoms with Crippen LogP contribution in [0.4, 0.5) is 0 Å². The number of aromatic hydroxyl groups is 1. The number of rotatable bonds is 9. The van der Waals surface area contributed by atoms with Crippen LogP contribution in [0.2, 0.25) is 0 Å². The molecule has 6 rings (SSSR count). The van der Waals surface area contributed by atoms with E-state index in [1.807, 2.05) is 84.9 Å². The highest BCUT2D eigenvalue weighted by molar-refractivity contribution is 5.50. The molecule has 4 aromatic rings. The number of aliphatic hydroxyl groups is 1. The van der Waals surface area contributed by atoms with Crippen molar-refractivity contribution < 1.29 is 33.9 Å². The molecule has 2 aliphatic heterocycles. The quantitative estimate of drug-likeness (QED) is 0.289. The average Bonchev–Trinajstić information content (AvgIpc) is 3.47. The van der Waals surface area contributed by atoms with E-state index in [0.717, 1.165) is 28.2 Å². The molecule has 2 heterocycles. The molecule has 0 saturated carbocycles. The summed E-state index contributed by atoms with van der Waals surface area (Å²) in [6, 6.07) is 32.5. The summed E-state index contributed by atoms with van der Waals surface area (Å²) in [6.07, 6.45) is -2.19. The number of fused-ring (bicyclic) bond motifs is 2. The van der Waals surface area contributed by atoms with Crippen LogP contribution in [-0.2, 0) is 19.8 Å². The Balaban J connectivity index is 1.44. The Morgan fingerprint density at radius 3 is 1.90 bits per heavy atom. The summed E-state index contributed by atoms with van der Waals surface area (Å²) in [7, 11) is 3.27. The van der Waals surface area contributed by atoms with Crippen LogP contribution in [0.3, 0.4) is 0 Å². The van der Waals surface area contributed by atoms with E-state index in [-0.39, 0.29) is 19.0 Å². The Bertz CT molecular complexity index is 1390. The third-order valence-electron chi connectivity index (χ3n) is 7.98. The highest BCUT2D eigenvalue weighted by atomic mass is 16.7. The highest BCUT2D eigenvalue weighted by Crippen LogP contribution is 2.51. The number of phenols is 1. The largest absolute Gasteiger partial charge is 0.508 e. The van der Waals surface area contributed by atoms with Crippen molar-refractivity contribution in [1.82, 2.24) is 0 Å². The lowest BCUT2D eigenvalue weighted by Gasteiger charge is -2.39. The molecular weight excluding hydrogens is 508 g/mol. The van der Waals surface area contributed by atoms with Crippen LogP contribution in [0.15, 0.2) is 103 Å². The van der Waals surface area contributed by atoms with Crippen molar-refractivity contribution in [3.05, 3.63) is 125 Å². The van der Waals surface area contributed by atoms with E-state index in [4.69, 9.17) is 23.7 Å². The molecule has 2 fully saturated rings. The van der Waals surface area contributed by atoms with Gasteiger partial charge in [-0.1, -0.05) is 72.8 Å². The smallest absolute Gasteiger partial charge is 0.144 e. The Kier molecular flexibility index (Phi) is 6.98. The molecular formula is C33H32O7. The molecule has 7 heteroatoms. The summed E-state index contributed by atoms with van der Waals surface area (Å²) < 4.78 is 30.4. The minimum Gasteiger partial charge on any atom is -0.508 e. The third kappa shape index (κ3) is 4.32. The molecule has 206 valence electrons. The van der Waals surface area contributed by atoms with Crippen LogP contribution in [0.1, 0.15) is 28.4 Å². The molecule has 4 unspecified atom stereocenters. The van der Waals surface area contributed by atoms with Crippen molar-refractivity contribution in [2.45, 2.75) is 29.5 Å². The normalized spacial score (nSPS) is 23.7. The van der Waals surface area contributed by atoms with Gasteiger partial charge in [-0.3, -0.25) is 0 Å². The molecule has 7 nitrogen and oxygen atoms in total. The molecule has 0 amide bonds. The SMILES string of the molecule is COc1ccc(C(OCC23COC(C(c4ccccc4O)O2)C3O)(c2ccccc2)c2ccc(OC)cc2)cc1. The van der Waals surface area contributed by atoms with Crippen LogP contribution in [0.25, 0.3) is 0 Å². The van der Waals surface area contributed by atoms with Crippen LogP contribution < -0.4 is 9.47 Å². The van der Waals surface area contributed by atoms with Crippen LogP contribution >= 0.6 is 0 Å². The van der Waals surface area contributed by atoms with Crippen molar-refractivity contribution in [2.75, 3.05) is 27.4 Å². The first-order valence-electron chi connectivity index (χ1n) is 13.2. The van der Waals surface area contributed by atoms with Crippen LogP contribution in [0.5, 0.6) is 17.2 Å². The lowest BCUT2D eigenvalue weighted by molar-refractivity contribution is -0.185. The molecule has 0 aromatic heterocycles. The maximum atomic E-state index is 11.4. The van der Waals surface area contributed by atoms with E-state index in [0.29, 0.717) is 5.56 Å². The van der Waals surface area contributed by atoms with Gasteiger partial charge in [0.25, 0.3) is 0 Å². The summed E-state index contributed by atoms with van der Waals surface area (Å²) in [5, 5.41) is 21.9. The van der Waals surface area contributed by atoms with Gasteiger partial charge >= 0.3 is 0 Å². The minimum atomic E-state index is -1.13. The average molecular weight is 541 g/mol. The zero-order valence-corrected chi connectivity index (χ0v) is 22.4. The van der Waals surface area contributed by atoms with Gasteiger partial charge in [-0.15, -0.1) is 0 Å². The predicted molar refractivity (Wildman–Crippen MR) is 149 cm³/mol. The zero-order chi connectivity index (χ0) is 27.7. The zero-order valence-electron chi connectivity index (χ0n) is 22.4. The monoisotopic (exact) mass is 540 g/mol. The van der Waals surface area contributed by atoms with Gasteiger partial charge in [-0.05, 0) is 47.0 Å². The minimum absolute atomic E-state index is 0.0295. The summed E-state index contributed by atoms with van der Waals surface area (Å²) >= 11 is 0. The second-order valence-corrected chi connectivity index (χ2v) is 10.2. The molecule has 40 heavy (non-hydrogen) atoms. The number of methoxy groups -OCH3 is 2. The third-order valence-corrected chi connectivity index (χ3v) is 7.98. The van der Waals surface area contributed by atoms with Gasteiger partial charge in [0.05, 0.1) is 27.4 Å². The first kappa shape index (κ1) is 26.3. The fourth-order valence-corrected chi connectivity index (χ4v) is 5.82. The molecule has 0 spiro atoms. The number of para-hydroxylation sites is 1. The predicted octanol–water partition coefficient (Wildman–Crippen LogP) is 4.99. The van der Waals surface area contributed by atoms with E-state index in [1.54, 1.807) is 32.4 Å². The molecule has 4 aromatic carbocycles. The molecule has 2 aliphatic rings. The lowest BCUT2D eigenvalue weighted by atomic mass is 9.79. The fourth-order valence-electron chi connectivity index (χ4n) is 5.82. The Hall–Kier alpha value is -3.88. The summed E-state index contributed by atoms with van der Waals surface area (Å²) in [4.78, 5) is 0. The Morgan fingerprint density at radius 1 is 0.775 bits per heavy atom. The van der Waals surface area contributed by atoms with Crippen LogP contribution in [0, 0.1) is 0 Å². The van der Waals surface area contributed by atoms with Crippen molar-refractivity contribution >= 4 is 0 Å². The first-order valence-corrected chi connectivity index (χ1v) is 13.2. The Morgan fingerprint density at radius 2 is 1.32 bits per heavy atom. The van der Waals surface area contributed by atoms with Crippen molar-refractivity contribution in [1.29, 1.82) is 0 Å². The van der Waals surface area contributed by atoms with E-state index in [1.165, 1.54) is 0 Å². The van der Waals surface area contributed by atoms with Gasteiger partial charge < -0.3 is 33.9 Å². The Labute approximate surface area is 233 Å². The number of aliphatic hydroxyl groups excluding tert-OH is 1. The fraction of sp³-hybridized carbons (Fsp3) is 0.273. The van der Waals surface area contributed by atoms with Gasteiger partial charge in [0.2, 0.25) is 0 Å². The number of benzene rings is 4. The van der Waals surface area contributed by atoms with E-state index >= 15 is 0 Å². The summed E-state index contributed by atoms with van der Waals surface area (Å²) in [5.74, 6) is 1.55. The van der Waals surface area contributed by atoms with E-state index < -0.39 is 29.5 Å². The van der Waals surface area contributed by atoms with Crippen LogP contribution in [-0.4, -0.2) is 55.5 Å². The second-order valence-electron chi connectivity index (χ2n) is 10.2. The van der Waals surface area contributed by atoms with Crippen molar-refractivity contribution in [2.24, 2.45) is 0 Å². The topological polar surface area (TPSA) is 86.6 Å². The van der Waals surface area contributed by atoms with Gasteiger partial charge in [0.15, 0.2) is 0 Å². The molecule has 4 atom stereocenters. The molecule has 2 saturated heterocycles. The molecule has 0 radical (unpaired) electrons. The molecule has 2 bridgehead atoms. The maximum Gasteiger partial charge on any atom is 0.144 e. The van der Waals surface area contributed by atoms with Gasteiger partial charge in [-0.2, -0.15) is 0 Å². The highest BCUT2D eigenvalue weighted by Gasteiger charge is 2.62. The molecule has 0 aliphatic carbocycles. The summed E-state index contributed by atoms with van der Waals surface area (Å²) in [6.45, 7) is 0.195.